The van der Waals surface area contributed by atoms with Crippen LogP contribution in [0.2, 0.25) is 0 Å². The molecule has 0 aliphatic carbocycles. The summed E-state index contributed by atoms with van der Waals surface area (Å²) in [5.41, 5.74) is 1.82. The summed E-state index contributed by atoms with van der Waals surface area (Å²) in [7, 11) is 0. The first-order valence-corrected chi connectivity index (χ1v) is 8.16. The highest BCUT2D eigenvalue weighted by atomic mass is 16.6. The molecular formula is C20H15N3O3. The van der Waals surface area contributed by atoms with Gasteiger partial charge in [-0.05, 0) is 36.4 Å². The monoisotopic (exact) mass is 345 g/mol. The van der Waals surface area contributed by atoms with E-state index in [0.29, 0.717) is 11.3 Å². The van der Waals surface area contributed by atoms with Gasteiger partial charge in [0.2, 0.25) is 0 Å². The fourth-order valence-electron chi connectivity index (χ4n) is 2.63. The number of carbonyl (C=O) groups is 1. The molecule has 0 bridgehead atoms. The molecule has 0 aliphatic heterocycles. The van der Waals surface area contributed by atoms with Crippen molar-refractivity contribution in [2.45, 2.75) is 0 Å². The Morgan fingerprint density at radius 1 is 0.923 bits per heavy atom. The molecule has 0 N–H and O–H groups in total. The Labute approximate surface area is 149 Å². The van der Waals surface area contributed by atoms with E-state index in [1.54, 1.807) is 42.9 Å². The molecular weight excluding hydrogens is 330 g/mol. The zero-order valence-corrected chi connectivity index (χ0v) is 13.8. The summed E-state index contributed by atoms with van der Waals surface area (Å²) in [6.45, 7) is 0.378. The zero-order chi connectivity index (χ0) is 17.8. The molecule has 128 valence electrons. The van der Waals surface area contributed by atoms with Crippen LogP contribution < -0.4 is 4.74 Å². The molecule has 4 rings (SSSR count). The third kappa shape index (κ3) is 3.30. The van der Waals surface area contributed by atoms with E-state index in [-0.39, 0.29) is 18.9 Å². The predicted molar refractivity (Wildman–Crippen MR) is 97.1 cm³/mol. The van der Waals surface area contributed by atoms with E-state index in [0.717, 1.165) is 16.3 Å². The Hall–Kier alpha value is -3.54. The fraction of sp³-hybridized carbons (Fsp3) is 0.100. The number of para-hydroxylation sites is 1. The van der Waals surface area contributed by atoms with Crippen molar-refractivity contribution >= 4 is 27.8 Å². The number of ether oxygens (including phenoxy) is 2. The maximum Gasteiger partial charge on any atom is 0.357 e. The number of carbonyl (C=O) groups excluding carboxylic acids is 1. The highest BCUT2D eigenvalue weighted by Gasteiger charge is 2.10. The standard InChI is InChI=1S/C20H15N3O3/c24-20(18-6-5-14-13-21-9-7-16(14)23-18)26-12-11-25-19-8-10-22-17-4-2-1-3-15(17)19/h1-10,13H,11-12H2. The molecule has 3 heterocycles. The average Bonchev–Trinajstić information content (AvgIpc) is 2.70. The lowest BCUT2D eigenvalue weighted by Crippen LogP contribution is -2.13. The quantitative estimate of drug-likeness (QED) is 0.408. The Balaban J connectivity index is 1.37. The van der Waals surface area contributed by atoms with Crippen LogP contribution in [0.3, 0.4) is 0 Å². The topological polar surface area (TPSA) is 74.2 Å². The normalized spacial score (nSPS) is 10.8. The van der Waals surface area contributed by atoms with Crippen molar-refractivity contribution in [3.8, 4) is 5.75 Å². The smallest absolute Gasteiger partial charge is 0.357 e. The number of hydrogen-bond donors (Lipinski definition) is 0. The highest BCUT2D eigenvalue weighted by Crippen LogP contribution is 2.23. The van der Waals surface area contributed by atoms with Crippen molar-refractivity contribution < 1.29 is 14.3 Å². The summed E-state index contributed by atoms with van der Waals surface area (Å²) in [4.78, 5) is 24.7. The van der Waals surface area contributed by atoms with Crippen molar-refractivity contribution in [3.05, 3.63) is 72.8 Å². The summed E-state index contributed by atoms with van der Waals surface area (Å²) in [6.07, 6.45) is 5.03. The van der Waals surface area contributed by atoms with Crippen LogP contribution in [-0.2, 0) is 4.74 Å². The molecule has 6 nitrogen and oxygen atoms in total. The number of benzene rings is 1. The molecule has 0 fully saturated rings. The molecule has 0 unspecified atom stereocenters. The van der Waals surface area contributed by atoms with E-state index in [2.05, 4.69) is 15.0 Å². The summed E-state index contributed by atoms with van der Waals surface area (Å²) in [5.74, 6) is 0.231. The second-order valence-electron chi connectivity index (χ2n) is 5.58. The molecule has 0 radical (unpaired) electrons. The Kier molecular flexibility index (Phi) is 4.38. The van der Waals surface area contributed by atoms with Gasteiger partial charge in [0.15, 0.2) is 0 Å². The minimum atomic E-state index is -0.480. The van der Waals surface area contributed by atoms with E-state index in [4.69, 9.17) is 9.47 Å². The number of rotatable bonds is 5. The molecule has 6 heteroatoms. The van der Waals surface area contributed by atoms with Gasteiger partial charge in [0, 0.05) is 29.4 Å². The molecule has 0 amide bonds. The van der Waals surface area contributed by atoms with Crippen LogP contribution in [0.4, 0.5) is 0 Å². The van der Waals surface area contributed by atoms with Crippen molar-refractivity contribution in [1.82, 2.24) is 15.0 Å². The second kappa shape index (κ2) is 7.14. The van der Waals surface area contributed by atoms with Gasteiger partial charge in [0.1, 0.15) is 24.7 Å². The van der Waals surface area contributed by atoms with Crippen molar-refractivity contribution in [1.29, 1.82) is 0 Å². The molecule has 26 heavy (non-hydrogen) atoms. The minimum Gasteiger partial charge on any atom is -0.489 e. The lowest BCUT2D eigenvalue weighted by atomic mass is 10.2. The van der Waals surface area contributed by atoms with E-state index < -0.39 is 5.97 Å². The largest absolute Gasteiger partial charge is 0.489 e. The second-order valence-corrected chi connectivity index (χ2v) is 5.58. The molecule has 0 spiro atoms. The van der Waals surface area contributed by atoms with Gasteiger partial charge in [-0.3, -0.25) is 9.97 Å². The van der Waals surface area contributed by atoms with Crippen LogP contribution in [0.15, 0.2) is 67.1 Å². The number of pyridine rings is 3. The maximum absolute atomic E-state index is 12.1. The van der Waals surface area contributed by atoms with Gasteiger partial charge in [-0.1, -0.05) is 12.1 Å². The van der Waals surface area contributed by atoms with E-state index >= 15 is 0 Å². The zero-order valence-electron chi connectivity index (χ0n) is 13.8. The first-order valence-electron chi connectivity index (χ1n) is 8.16. The Morgan fingerprint density at radius 3 is 2.81 bits per heavy atom. The number of nitrogens with zero attached hydrogens (tertiary/aromatic N) is 3. The lowest BCUT2D eigenvalue weighted by Gasteiger charge is -2.09. The van der Waals surface area contributed by atoms with Crippen LogP contribution >= 0.6 is 0 Å². The average molecular weight is 345 g/mol. The summed E-state index contributed by atoms with van der Waals surface area (Å²) in [6, 6.07) is 14.7. The van der Waals surface area contributed by atoms with Gasteiger partial charge in [0.05, 0.1) is 11.0 Å². The summed E-state index contributed by atoms with van der Waals surface area (Å²) in [5, 5.41) is 1.79. The molecule has 4 aromatic rings. The molecule has 0 atom stereocenters. The molecule has 0 saturated heterocycles. The van der Waals surface area contributed by atoms with Gasteiger partial charge in [-0.15, -0.1) is 0 Å². The number of hydrogen-bond acceptors (Lipinski definition) is 6. The van der Waals surface area contributed by atoms with E-state index in [1.165, 1.54) is 0 Å². The van der Waals surface area contributed by atoms with E-state index in [1.807, 2.05) is 24.3 Å². The van der Waals surface area contributed by atoms with Crippen molar-refractivity contribution in [2.75, 3.05) is 13.2 Å². The van der Waals surface area contributed by atoms with E-state index in [9.17, 15) is 4.79 Å². The van der Waals surface area contributed by atoms with Gasteiger partial charge in [-0.25, -0.2) is 9.78 Å². The van der Waals surface area contributed by atoms with Crippen LogP contribution in [0.1, 0.15) is 10.5 Å². The Bertz CT molecular complexity index is 1080. The van der Waals surface area contributed by atoms with Gasteiger partial charge >= 0.3 is 5.97 Å². The lowest BCUT2D eigenvalue weighted by molar-refractivity contribution is 0.0445. The Morgan fingerprint density at radius 2 is 1.85 bits per heavy atom. The fourth-order valence-corrected chi connectivity index (χ4v) is 2.63. The third-order valence-corrected chi connectivity index (χ3v) is 3.88. The van der Waals surface area contributed by atoms with Crippen molar-refractivity contribution in [3.63, 3.8) is 0 Å². The predicted octanol–water partition coefficient (Wildman–Crippen LogP) is 3.41. The molecule has 3 aromatic heterocycles. The van der Waals surface area contributed by atoms with Gasteiger partial charge < -0.3 is 9.47 Å². The number of aromatic nitrogens is 3. The van der Waals surface area contributed by atoms with Crippen LogP contribution in [0.25, 0.3) is 21.8 Å². The van der Waals surface area contributed by atoms with Gasteiger partial charge in [0.25, 0.3) is 0 Å². The maximum atomic E-state index is 12.1. The molecule has 0 aliphatic rings. The number of esters is 1. The van der Waals surface area contributed by atoms with Crippen LogP contribution in [-0.4, -0.2) is 34.1 Å². The molecule has 0 saturated carbocycles. The molecule has 1 aromatic carbocycles. The van der Waals surface area contributed by atoms with Crippen LogP contribution in [0, 0.1) is 0 Å². The SMILES string of the molecule is O=C(OCCOc1ccnc2ccccc12)c1ccc2cnccc2n1. The first kappa shape index (κ1) is 16.0. The first-order chi connectivity index (χ1) is 12.8. The number of fused-ring (bicyclic) bond motifs is 2. The summed E-state index contributed by atoms with van der Waals surface area (Å²) >= 11 is 0. The van der Waals surface area contributed by atoms with Gasteiger partial charge in [-0.2, -0.15) is 0 Å². The van der Waals surface area contributed by atoms with Crippen LogP contribution in [0.5, 0.6) is 5.75 Å². The summed E-state index contributed by atoms with van der Waals surface area (Å²) < 4.78 is 11.0. The van der Waals surface area contributed by atoms with Crippen molar-refractivity contribution in [2.24, 2.45) is 0 Å². The third-order valence-electron chi connectivity index (χ3n) is 3.88. The minimum absolute atomic E-state index is 0.131. The highest BCUT2D eigenvalue weighted by molar-refractivity contribution is 5.90.